The predicted octanol–water partition coefficient (Wildman–Crippen LogP) is 2.13. The number of hydrogen-bond acceptors (Lipinski definition) is 3. The van der Waals surface area contributed by atoms with E-state index >= 15 is 0 Å². The van der Waals surface area contributed by atoms with Crippen LogP contribution in [0, 0.1) is 0 Å². The summed E-state index contributed by atoms with van der Waals surface area (Å²) in [5.74, 6) is 1.64. The largest absolute Gasteiger partial charge is 0.453 e. The van der Waals surface area contributed by atoms with Crippen LogP contribution in [0.2, 0.25) is 5.02 Å². The van der Waals surface area contributed by atoms with E-state index in [-0.39, 0.29) is 12.7 Å². The van der Waals surface area contributed by atoms with E-state index < -0.39 is 0 Å². The Balaban J connectivity index is 2.48. The molecule has 0 radical (unpaired) electrons. The maximum Gasteiger partial charge on any atom is 0.231 e. The summed E-state index contributed by atoms with van der Waals surface area (Å²) in [6.45, 7) is 2.87. The van der Waals surface area contributed by atoms with E-state index in [9.17, 15) is 0 Å². The van der Waals surface area contributed by atoms with Crippen molar-refractivity contribution in [3.8, 4) is 11.5 Å². The zero-order valence-electron chi connectivity index (χ0n) is 7.92. The van der Waals surface area contributed by atoms with Gasteiger partial charge in [-0.15, -0.1) is 0 Å². The predicted molar refractivity (Wildman–Crippen MR) is 55.0 cm³/mol. The van der Waals surface area contributed by atoms with Crippen LogP contribution < -0.4 is 15.2 Å². The zero-order valence-corrected chi connectivity index (χ0v) is 8.67. The highest BCUT2D eigenvalue weighted by Crippen LogP contribution is 2.43. The van der Waals surface area contributed by atoms with Crippen LogP contribution in [-0.4, -0.2) is 13.3 Å². The molecule has 0 saturated heterocycles. The van der Waals surface area contributed by atoms with Gasteiger partial charge < -0.3 is 15.2 Å². The van der Waals surface area contributed by atoms with Crippen molar-refractivity contribution >= 4 is 11.6 Å². The fourth-order valence-corrected chi connectivity index (χ4v) is 1.70. The van der Waals surface area contributed by atoms with E-state index in [1.165, 1.54) is 0 Å². The molecule has 0 bridgehead atoms. The average Bonchev–Trinajstić information content (AvgIpc) is 2.67. The Morgan fingerprint density at radius 1 is 1.43 bits per heavy atom. The molecule has 1 heterocycles. The summed E-state index contributed by atoms with van der Waals surface area (Å²) in [4.78, 5) is 0. The second-order valence-electron chi connectivity index (χ2n) is 3.34. The standard InChI is InChI=1S/C10H12ClNO2/c1-6(4-12)7-2-3-8(11)10-9(7)13-5-14-10/h2-3,6H,4-5,12H2,1H3. The van der Waals surface area contributed by atoms with Gasteiger partial charge in [0.05, 0.1) is 5.02 Å². The lowest BCUT2D eigenvalue weighted by atomic mass is 10.00. The highest BCUT2D eigenvalue weighted by atomic mass is 35.5. The first-order valence-corrected chi connectivity index (χ1v) is 4.90. The first kappa shape index (κ1) is 9.62. The third-order valence-corrected chi connectivity index (χ3v) is 2.68. The van der Waals surface area contributed by atoms with E-state index in [0.717, 1.165) is 11.3 Å². The molecule has 0 aromatic heterocycles. The molecule has 1 aliphatic heterocycles. The first-order valence-electron chi connectivity index (χ1n) is 4.52. The van der Waals surface area contributed by atoms with E-state index in [4.69, 9.17) is 26.8 Å². The Bertz CT molecular complexity index is 354. The molecule has 0 saturated carbocycles. The minimum absolute atomic E-state index is 0.239. The molecule has 0 amide bonds. The van der Waals surface area contributed by atoms with Gasteiger partial charge in [0, 0.05) is 5.56 Å². The number of rotatable bonds is 2. The van der Waals surface area contributed by atoms with Gasteiger partial charge in [-0.25, -0.2) is 0 Å². The van der Waals surface area contributed by atoms with Crippen LogP contribution in [0.1, 0.15) is 18.4 Å². The van der Waals surface area contributed by atoms with Crippen molar-refractivity contribution in [3.63, 3.8) is 0 Å². The number of fused-ring (bicyclic) bond motifs is 1. The van der Waals surface area contributed by atoms with Gasteiger partial charge in [0.2, 0.25) is 6.79 Å². The van der Waals surface area contributed by atoms with Gasteiger partial charge >= 0.3 is 0 Å². The van der Waals surface area contributed by atoms with E-state index in [2.05, 4.69) is 0 Å². The summed E-state index contributed by atoms with van der Waals surface area (Å²) < 4.78 is 10.6. The van der Waals surface area contributed by atoms with Crippen LogP contribution in [-0.2, 0) is 0 Å². The molecule has 3 nitrogen and oxygen atoms in total. The summed E-state index contributed by atoms with van der Waals surface area (Å²) in [5.41, 5.74) is 6.67. The molecular formula is C10H12ClNO2. The van der Waals surface area contributed by atoms with Crippen molar-refractivity contribution in [2.75, 3.05) is 13.3 Å². The Kier molecular flexibility index (Phi) is 2.52. The number of nitrogens with two attached hydrogens (primary N) is 1. The Morgan fingerprint density at radius 3 is 2.86 bits per heavy atom. The van der Waals surface area contributed by atoms with Crippen molar-refractivity contribution in [2.24, 2.45) is 5.73 Å². The van der Waals surface area contributed by atoms with Crippen LogP contribution in [0.5, 0.6) is 11.5 Å². The van der Waals surface area contributed by atoms with Gasteiger partial charge in [-0.1, -0.05) is 24.6 Å². The summed E-state index contributed by atoms with van der Waals surface area (Å²) in [6.07, 6.45) is 0. The van der Waals surface area contributed by atoms with Gasteiger partial charge in [-0.3, -0.25) is 0 Å². The summed E-state index contributed by atoms with van der Waals surface area (Å²) in [7, 11) is 0. The van der Waals surface area contributed by atoms with Crippen LogP contribution in [0.4, 0.5) is 0 Å². The fourth-order valence-electron chi connectivity index (χ4n) is 1.50. The van der Waals surface area contributed by atoms with E-state index in [1.54, 1.807) is 0 Å². The Morgan fingerprint density at radius 2 is 2.14 bits per heavy atom. The van der Waals surface area contributed by atoms with Crippen LogP contribution >= 0.6 is 11.6 Å². The van der Waals surface area contributed by atoms with Crippen molar-refractivity contribution in [1.29, 1.82) is 0 Å². The second kappa shape index (κ2) is 3.67. The Labute approximate surface area is 87.8 Å². The van der Waals surface area contributed by atoms with Gasteiger partial charge in [-0.2, -0.15) is 0 Å². The van der Waals surface area contributed by atoms with Crippen molar-refractivity contribution in [3.05, 3.63) is 22.7 Å². The maximum atomic E-state index is 5.95. The summed E-state index contributed by atoms with van der Waals surface area (Å²) >= 11 is 5.95. The molecular weight excluding hydrogens is 202 g/mol. The normalized spacial score (nSPS) is 15.6. The minimum Gasteiger partial charge on any atom is -0.453 e. The highest BCUT2D eigenvalue weighted by molar-refractivity contribution is 6.32. The number of halogens is 1. The van der Waals surface area contributed by atoms with Gasteiger partial charge in [0.1, 0.15) is 0 Å². The number of benzene rings is 1. The lowest BCUT2D eigenvalue weighted by Crippen LogP contribution is -2.09. The lowest BCUT2D eigenvalue weighted by Gasteiger charge is -2.12. The average molecular weight is 214 g/mol. The first-order chi connectivity index (χ1) is 6.74. The molecule has 1 atom stereocenters. The molecule has 1 unspecified atom stereocenters. The molecule has 2 N–H and O–H groups in total. The molecule has 1 aliphatic rings. The quantitative estimate of drug-likeness (QED) is 0.819. The topological polar surface area (TPSA) is 44.5 Å². The molecule has 0 spiro atoms. The zero-order chi connectivity index (χ0) is 10.1. The van der Waals surface area contributed by atoms with Crippen LogP contribution in [0.15, 0.2) is 12.1 Å². The molecule has 2 rings (SSSR count). The van der Waals surface area contributed by atoms with Gasteiger partial charge in [-0.05, 0) is 18.5 Å². The third-order valence-electron chi connectivity index (χ3n) is 2.39. The highest BCUT2D eigenvalue weighted by Gasteiger charge is 2.23. The minimum atomic E-state index is 0.239. The van der Waals surface area contributed by atoms with Gasteiger partial charge in [0.25, 0.3) is 0 Å². The Hall–Kier alpha value is -0.930. The van der Waals surface area contributed by atoms with Gasteiger partial charge in [0.15, 0.2) is 11.5 Å². The molecule has 0 aliphatic carbocycles. The monoisotopic (exact) mass is 213 g/mol. The molecule has 0 fully saturated rings. The molecule has 1 aromatic rings. The smallest absolute Gasteiger partial charge is 0.231 e. The fraction of sp³-hybridized carbons (Fsp3) is 0.400. The SMILES string of the molecule is CC(CN)c1ccc(Cl)c2c1OCO2. The number of ether oxygens (including phenoxy) is 2. The summed E-state index contributed by atoms with van der Waals surface area (Å²) in [5, 5.41) is 0.588. The third kappa shape index (κ3) is 1.42. The van der Waals surface area contributed by atoms with Crippen LogP contribution in [0.25, 0.3) is 0 Å². The van der Waals surface area contributed by atoms with Crippen molar-refractivity contribution in [1.82, 2.24) is 0 Å². The molecule has 14 heavy (non-hydrogen) atoms. The summed E-state index contributed by atoms with van der Waals surface area (Å²) in [6, 6.07) is 3.75. The molecule has 4 heteroatoms. The second-order valence-corrected chi connectivity index (χ2v) is 3.75. The van der Waals surface area contributed by atoms with E-state index in [0.29, 0.717) is 17.3 Å². The lowest BCUT2D eigenvalue weighted by molar-refractivity contribution is 0.173. The van der Waals surface area contributed by atoms with E-state index in [1.807, 2.05) is 19.1 Å². The van der Waals surface area contributed by atoms with Crippen molar-refractivity contribution < 1.29 is 9.47 Å². The molecule has 76 valence electrons. The molecule has 1 aromatic carbocycles. The van der Waals surface area contributed by atoms with Crippen molar-refractivity contribution in [2.45, 2.75) is 12.8 Å². The number of hydrogen-bond donors (Lipinski definition) is 1. The van der Waals surface area contributed by atoms with Crippen LogP contribution in [0.3, 0.4) is 0 Å². The maximum absolute atomic E-state index is 5.95.